The molecule has 0 fully saturated rings. The summed E-state index contributed by atoms with van der Waals surface area (Å²) in [7, 11) is 0. The van der Waals surface area contributed by atoms with Crippen LogP contribution in [0.1, 0.15) is 69.9 Å². The van der Waals surface area contributed by atoms with E-state index in [2.05, 4.69) is 29.0 Å². The molecule has 0 unspecified atom stereocenters. The Kier molecular flexibility index (Phi) is 11.1. The molecule has 1 aromatic heterocycles. The molecule has 3 heteroatoms. The van der Waals surface area contributed by atoms with E-state index < -0.39 is 0 Å². The number of nitrogens with zero attached hydrogens (tertiary/aromatic N) is 1. The van der Waals surface area contributed by atoms with Gasteiger partial charge >= 0.3 is 0 Å². The van der Waals surface area contributed by atoms with Gasteiger partial charge in [0.2, 0.25) is 0 Å². The second-order valence-electron chi connectivity index (χ2n) is 5.87. The van der Waals surface area contributed by atoms with Crippen LogP contribution in [0.4, 0.5) is 0 Å². The van der Waals surface area contributed by atoms with Crippen LogP contribution < -0.4 is 4.57 Å². The Hall–Kier alpha value is -1.51. The number of hydrogen-bond acceptors (Lipinski definition) is 2. The third-order valence-electron chi connectivity index (χ3n) is 4.01. The van der Waals surface area contributed by atoms with E-state index in [1.165, 1.54) is 31.4 Å². The molecule has 0 amide bonds. The fourth-order valence-corrected chi connectivity index (χ4v) is 2.71. The molecule has 0 aliphatic heterocycles. The molecule has 0 N–H and O–H groups in total. The molecule has 3 nitrogen and oxygen atoms in total. The monoisotopic (exact) mass is 304 g/mol. The van der Waals surface area contributed by atoms with E-state index in [9.17, 15) is 9.59 Å². The number of carbonyl (C=O) groups excluding carboxylic acids is 2. The second kappa shape index (κ2) is 13.2. The molecule has 0 atom stereocenters. The first-order chi connectivity index (χ1) is 10.9. The van der Waals surface area contributed by atoms with Crippen LogP contribution in [0, 0.1) is 0 Å². The summed E-state index contributed by atoms with van der Waals surface area (Å²) >= 11 is 0. The van der Waals surface area contributed by atoms with Crippen LogP contribution in [0.5, 0.6) is 0 Å². The Bertz CT molecular complexity index is 418. The van der Waals surface area contributed by atoms with E-state index in [0.717, 1.165) is 51.2 Å². The zero-order valence-corrected chi connectivity index (χ0v) is 13.7. The summed E-state index contributed by atoms with van der Waals surface area (Å²) in [5.74, 6) is 0. The number of unbranched alkanes of at least 4 members (excludes halogenated alkanes) is 8. The van der Waals surface area contributed by atoms with E-state index in [4.69, 9.17) is 0 Å². The molecule has 1 aromatic rings. The van der Waals surface area contributed by atoms with Crippen LogP contribution in [0.3, 0.4) is 0 Å². The fourth-order valence-electron chi connectivity index (χ4n) is 2.71. The highest BCUT2D eigenvalue weighted by Crippen LogP contribution is 2.08. The number of aromatic nitrogens is 1. The van der Waals surface area contributed by atoms with Crippen molar-refractivity contribution in [1.82, 2.24) is 0 Å². The fraction of sp³-hybridized carbons (Fsp3) is 0.632. The summed E-state index contributed by atoms with van der Waals surface area (Å²) in [6.45, 7) is 1.05. The topological polar surface area (TPSA) is 38.0 Å². The van der Waals surface area contributed by atoms with Gasteiger partial charge in [0.05, 0.1) is 0 Å². The Morgan fingerprint density at radius 1 is 0.773 bits per heavy atom. The standard InChI is InChI=1S/C19H30NO2/c21-17-11-5-2-1-3-7-13-19-14-8-10-16-20(19)15-9-4-6-12-18-22/h8,10,14,16-18H,1-7,9,11-13,15H2/q+1. The molecule has 0 spiro atoms. The molecule has 1 rings (SSSR count). The number of pyridine rings is 1. The van der Waals surface area contributed by atoms with Gasteiger partial charge in [-0.1, -0.05) is 25.3 Å². The zero-order valence-electron chi connectivity index (χ0n) is 13.7. The molecular weight excluding hydrogens is 274 g/mol. The number of hydrogen-bond donors (Lipinski definition) is 0. The first-order valence-corrected chi connectivity index (χ1v) is 8.73. The maximum Gasteiger partial charge on any atom is 0.181 e. The highest BCUT2D eigenvalue weighted by Gasteiger charge is 2.08. The van der Waals surface area contributed by atoms with Crippen molar-refractivity contribution in [1.29, 1.82) is 0 Å². The van der Waals surface area contributed by atoms with Crippen molar-refractivity contribution < 1.29 is 14.2 Å². The SMILES string of the molecule is O=CCCCCCCCc1cccc[n+]1CCCCCC=O. The maximum absolute atomic E-state index is 10.3. The van der Waals surface area contributed by atoms with Crippen molar-refractivity contribution >= 4 is 12.6 Å². The van der Waals surface area contributed by atoms with Gasteiger partial charge in [0.15, 0.2) is 11.9 Å². The van der Waals surface area contributed by atoms with E-state index in [1.54, 1.807) is 0 Å². The highest BCUT2D eigenvalue weighted by atomic mass is 16.1. The Labute approximate surface area is 134 Å². The maximum atomic E-state index is 10.3. The molecule has 0 radical (unpaired) electrons. The van der Waals surface area contributed by atoms with E-state index >= 15 is 0 Å². The molecule has 0 aliphatic rings. The number of aldehydes is 2. The lowest BCUT2D eigenvalue weighted by Crippen LogP contribution is -2.37. The smallest absolute Gasteiger partial charge is 0.181 e. The van der Waals surface area contributed by atoms with Crippen LogP contribution in [0.15, 0.2) is 24.4 Å². The molecule has 1 heterocycles. The second-order valence-corrected chi connectivity index (χ2v) is 5.87. The van der Waals surface area contributed by atoms with Gasteiger partial charge < -0.3 is 9.59 Å². The van der Waals surface area contributed by atoms with Crippen LogP contribution in [-0.2, 0) is 22.6 Å². The molecule has 0 saturated carbocycles. The minimum Gasteiger partial charge on any atom is -0.303 e. The van der Waals surface area contributed by atoms with E-state index in [0.29, 0.717) is 12.8 Å². The summed E-state index contributed by atoms with van der Waals surface area (Å²) in [4.78, 5) is 20.5. The molecule has 122 valence electrons. The lowest BCUT2D eigenvalue weighted by Gasteiger charge is -2.04. The lowest BCUT2D eigenvalue weighted by atomic mass is 10.1. The summed E-state index contributed by atoms with van der Waals surface area (Å²) in [6.07, 6.45) is 15.9. The number of rotatable bonds is 14. The predicted octanol–water partition coefficient (Wildman–Crippen LogP) is 3.82. The van der Waals surface area contributed by atoms with Gasteiger partial charge in [0.25, 0.3) is 0 Å². The normalized spacial score (nSPS) is 10.5. The molecule has 0 aromatic carbocycles. The van der Waals surface area contributed by atoms with Gasteiger partial charge in [-0.3, -0.25) is 0 Å². The molecule has 0 saturated heterocycles. The van der Waals surface area contributed by atoms with Gasteiger partial charge in [-0.15, -0.1) is 0 Å². The van der Waals surface area contributed by atoms with Gasteiger partial charge in [-0.2, -0.15) is 0 Å². The van der Waals surface area contributed by atoms with Crippen molar-refractivity contribution in [3.63, 3.8) is 0 Å². The van der Waals surface area contributed by atoms with E-state index in [1.807, 2.05) is 0 Å². The van der Waals surface area contributed by atoms with Crippen LogP contribution in [0.2, 0.25) is 0 Å². The average molecular weight is 304 g/mol. The predicted molar refractivity (Wildman–Crippen MR) is 88.6 cm³/mol. The zero-order chi connectivity index (χ0) is 15.9. The van der Waals surface area contributed by atoms with Crippen LogP contribution in [0.25, 0.3) is 0 Å². The highest BCUT2D eigenvalue weighted by molar-refractivity contribution is 5.49. The number of carbonyl (C=O) groups is 2. The minimum absolute atomic E-state index is 0.691. The van der Waals surface area contributed by atoms with Gasteiger partial charge in [0, 0.05) is 37.8 Å². The van der Waals surface area contributed by atoms with Crippen molar-refractivity contribution in [2.75, 3.05) is 0 Å². The van der Waals surface area contributed by atoms with Crippen molar-refractivity contribution in [3.8, 4) is 0 Å². The van der Waals surface area contributed by atoms with Crippen molar-refractivity contribution in [3.05, 3.63) is 30.1 Å². The first-order valence-electron chi connectivity index (χ1n) is 8.73. The Morgan fingerprint density at radius 3 is 2.14 bits per heavy atom. The Balaban J connectivity index is 2.22. The third kappa shape index (κ3) is 8.71. The van der Waals surface area contributed by atoms with Crippen LogP contribution >= 0.6 is 0 Å². The molecule has 0 aliphatic carbocycles. The lowest BCUT2D eigenvalue weighted by molar-refractivity contribution is -0.704. The average Bonchev–Trinajstić information content (AvgIpc) is 2.55. The Morgan fingerprint density at radius 2 is 1.41 bits per heavy atom. The number of aryl methyl sites for hydroxylation is 2. The van der Waals surface area contributed by atoms with E-state index in [-0.39, 0.29) is 0 Å². The quantitative estimate of drug-likeness (QED) is 0.298. The minimum atomic E-state index is 0.691. The van der Waals surface area contributed by atoms with Crippen molar-refractivity contribution in [2.45, 2.75) is 77.2 Å². The van der Waals surface area contributed by atoms with Gasteiger partial charge in [-0.05, 0) is 25.7 Å². The summed E-state index contributed by atoms with van der Waals surface area (Å²) < 4.78 is 2.35. The molecule has 22 heavy (non-hydrogen) atoms. The van der Waals surface area contributed by atoms with Gasteiger partial charge in [-0.25, -0.2) is 4.57 Å². The summed E-state index contributed by atoms with van der Waals surface area (Å²) in [6, 6.07) is 6.43. The molecular formula is C19H30NO2+. The van der Waals surface area contributed by atoms with Crippen molar-refractivity contribution in [2.24, 2.45) is 0 Å². The largest absolute Gasteiger partial charge is 0.303 e. The summed E-state index contributed by atoms with van der Waals surface area (Å²) in [5.41, 5.74) is 1.41. The first kappa shape index (κ1) is 18.5. The third-order valence-corrected chi connectivity index (χ3v) is 4.01. The summed E-state index contributed by atoms with van der Waals surface area (Å²) in [5, 5.41) is 0. The van der Waals surface area contributed by atoms with Crippen LogP contribution in [-0.4, -0.2) is 12.6 Å². The van der Waals surface area contributed by atoms with Gasteiger partial charge in [0.1, 0.15) is 19.1 Å². The molecule has 0 bridgehead atoms.